The van der Waals surface area contributed by atoms with Gasteiger partial charge in [0.25, 0.3) is 0 Å². The Kier molecular flexibility index (Phi) is 3.36. The van der Waals surface area contributed by atoms with Gasteiger partial charge in [0.05, 0.1) is 19.3 Å². The summed E-state index contributed by atoms with van der Waals surface area (Å²) in [4.78, 5) is 0. The Labute approximate surface area is 120 Å². The molecule has 0 amide bonds. The van der Waals surface area contributed by atoms with Crippen molar-refractivity contribution in [3.63, 3.8) is 0 Å². The third-order valence-electron chi connectivity index (χ3n) is 4.26. The second-order valence-electron chi connectivity index (χ2n) is 6.01. The van der Waals surface area contributed by atoms with Crippen LogP contribution in [0.1, 0.15) is 42.2 Å². The zero-order valence-corrected chi connectivity index (χ0v) is 12.0. The first-order chi connectivity index (χ1) is 9.59. The zero-order valence-electron chi connectivity index (χ0n) is 12.0. The fraction of sp³-hybridized carbons (Fsp3) is 0.333. The fourth-order valence-electron chi connectivity index (χ4n) is 2.80. The highest BCUT2D eigenvalue weighted by atomic mass is 16.5. The molecule has 20 heavy (non-hydrogen) atoms. The van der Waals surface area contributed by atoms with Gasteiger partial charge in [-0.25, -0.2) is 0 Å². The second kappa shape index (κ2) is 5.04. The van der Waals surface area contributed by atoms with Gasteiger partial charge < -0.3 is 9.84 Å². The first-order valence-corrected chi connectivity index (χ1v) is 7.02. The van der Waals surface area contributed by atoms with E-state index in [2.05, 4.69) is 38.1 Å². The van der Waals surface area contributed by atoms with E-state index in [0.717, 1.165) is 11.1 Å². The van der Waals surface area contributed by atoms with Gasteiger partial charge in [-0.3, -0.25) is 0 Å². The van der Waals surface area contributed by atoms with Crippen molar-refractivity contribution in [1.82, 2.24) is 0 Å². The summed E-state index contributed by atoms with van der Waals surface area (Å²) in [7, 11) is 0. The molecule has 0 spiro atoms. The molecule has 0 saturated carbocycles. The Morgan fingerprint density at radius 3 is 2.45 bits per heavy atom. The van der Waals surface area contributed by atoms with E-state index in [1.807, 2.05) is 24.3 Å². The molecule has 2 aromatic carbocycles. The van der Waals surface area contributed by atoms with Gasteiger partial charge >= 0.3 is 0 Å². The molecule has 1 atom stereocenters. The fourth-order valence-corrected chi connectivity index (χ4v) is 2.80. The summed E-state index contributed by atoms with van der Waals surface area (Å²) in [5.74, 6) is 0. The Bertz CT molecular complexity index is 602. The van der Waals surface area contributed by atoms with Crippen molar-refractivity contribution in [3.05, 3.63) is 70.8 Å². The van der Waals surface area contributed by atoms with E-state index in [9.17, 15) is 5.11 Å². The molecule has 0 aromatic heterocycles. The summed E-state index contributed by atoms with van der Waals surface area (Å²) in [5.41, 5.74) is 4.21. The van der Waals surface area contributed by atoms with Crippen LogP contribution in [0.4, 0.5) is 0 Å². The number of fused-ring (bicyclic) bond motifs is 1. The molecule has 3 rings (SSSR count). The van der Waals surface area contributed by atoms with Crippen molar-refractivity contribution in [2.75, 3.05) is 0 Å². The molecule has 1 unspecified atom stereocenters. The summed E-state index contributed by atoms with van der Waals surface area (Å²) in [6.45, 7) is 5.50. The summed E-state index contributed by atoms with van der Waals surface area (Å²) in [6, 6.07) is 16.3. The number of benzene rings is 2. The lowest BCUT2D eigenvalue weighted by Gasteiger charge is -2.31. The predicted molar refractivity (Wildman–Crippen MR) is 79.4 cm³/mol. The topological polar surface area (TPSA) is 29.5 Å². The maximum Gasteiger partial charge on any atom is 0.0881 e. The third-order valence-corrected chi connectivity index (χ3v) is 4.26. The largest absolute Gasteiger partial charge is 0.388 e. The lowest BCUT2D eigenvalue weighted by atomic mass is 9.76. The summed E-state index contributed by atoms with van der Waals surface area (Å²) in [5, 5.41) is 10.8. The van der Waals surface area contributed by atoms with E-state index < -0.39 is 6.10 Å². The minimum Gasteiger partial charge on any atom is -0.388 e. The first-order valence-electron chi connectivity index (χ1n) is 7.02. The highest BCUT2D eigenvalue weighted by Gasteiger charge is 2.31. The molecular formula is C18H20O2. The standard InChI is InChI=1S/C18H20O2/c1-18(2,16-6-4-3-5-7-16)17(19)13-8-9-14-11-20-12-15(14)10-13/h3-10,17,19H,11-12H2,1-2H3. The number of aliphatic hydroxyl groups is 1. The van der Waals surface area contributed by atoms with Gasteiger partial charge in [-0.1, -0.05) is 62.4 Å². The molecule has 0 radical (unpaired) electrons. The van der Waals surface area contributed by atoms with Crippen LogP contribution in [0.25, 0.3) is 0 Å². The molecule has 2 nitrogen and oxygen atoms in total. The highest BCUT2D eigenvalue weighted by molar-refractivity contribution is 5.37. The summed E-state index contributed by atoms with van der Waals surface area (Å²) in [6.07, 6.45) is -0.532. The number of ether oxygens (including phenoxy) is 1. The Morgan fingerprint density at radius 2 is 1.70 bits per heavy atom. The Morgan fingerprint density at radius 1 is 1.00 bits per heavy atom. The minimum atomic E-state index is -0.532. The van der Waals surface area contributed by atoms with E-state index >= 15 is 0 Å². The molecule has 1 aliphatic rings. The number of hydrogen-bond donors (Lipinski definition) is 1. The first kappa shape index (κ1) is 13.3. The average Bonchev–Trinajstić information content (AvgIpc) is 2.94. The van der Waals surface area contributed by atoms with Crippen LogP contribution in [0.3, 0.4) is 0 Å². The molecule has 0 saturated heterocycles. The molecule has 0 bridgehead atoms. The van der Waals surface area contributed by atoms with E-state index in [1.54, 1.807) is 0 Å². The average molecular weight is 268 g/mol. The minimum absolute atomic E-state index is 0.324. The SMILES string of the molecule is CC(C)(c1ccccc1)C(O)c1ccc2c(c1)COC2. The highest BCUT2D eigenvalue weighted by Crippen LogP contribution is 2.37. The van der Waals surface area contributed by atoms with Crippen LogP contribution < -0.4 is 0 Å². The van der Waals surface area contributed by atoms with Crippen molar-refractivity contribution in [3.8, 4) is 0 Å². The van der Waals surface area contributed by atoms with Crippen LogP contribution in [0, 0.1) is 0 Å². The van der Waals surface area contributed by atoms with Crippen molar-refractivity contribution < 1.29 is 9.84 Å². The lowest BCUT2D eigenvalue weighted by Crippen LogP contribution is -2.26. The van der Waals surface area contributed by atoms with Crippen LogP contribution in [0.15, 0.2) is 48.5 Å². The molecule has 1 N–H and O–H groups in total. The van der Waals surface area contributed by atoms with Gasteiger partial charge in [-0.2, -0.15) is 0 Å². The molecule has 1 aliphatic heterocycles. The summed E-state index contributed by atoms with van der Waals surface area (Å²) >= 11 is 0. The quantitative estimate of drug-likeness (QED) is 0.919. The second-order valence-corrected chi connectivity index (χ2v) is 6.01. The molecule has 2 heteroatoms. The van der Waals surface area contributed by atoms with Crippen LogP contribution in [-0.2, 0) is 23.4 Å². The number of hydrogen-bond acceptors (Lipinski definition) is 2. The van der Waals surface area contributed by atoms with Crippen LogP contribution in [0.2, 0.25) is 0 Å². The molecular weight excluding hydrogens is 248 g/mol. The van der Waals surface area contributed by atoms with Gasteiger partial charge in [0.2, 0.25) is 0 Å². The molecule has 2 aromatic rings. The van der Waals surface area contributed by atoms with Gasteiger partial charge in [-0.05, 0) is 22.3 Å². The van der Waals surface area contributed by atoms with Gasteiger partial charge in [0.15, 0.2) is 0 Å². The predicted octanol–water partition coefficient (Wildman–Crippen LogP) is 3.73. The van der Waals surface area contributed by atoms with Crippen LogP contribution in [0.5, 0.6) is 0 Å². The summed E-state index contributed by atoms with van der Waals surface area (Å²) < 4.78 is 5.44. The monoisotopic (exact) mass is 268 g/mol. The maximum atomic E-state index is 10.8. The number of rotatable bonds is 3. The zero-order chi connectivity index (χ0) is 14.2. The Hall–Kier alpha value is -1.64. The van der Waals surface area contributed by atoms with Crippen molar-refractivity contribution >= 4 is 0 Å². The van der Waals surface area contributed by atoms with E-state index in [-0.39, 0.29) is 5.41 Å². The normalized spacial score (nSPS) is 15.9. The smallest absolute Gasteiger partial charge is 0.0881 e. The van der Waals surface area contributed by atoms with Crippen molar-refractivity contribution in [2.24, 2.45) is 0 Å². The van der Waals surface area contributed by atoms with Crippen LogP contribution in [-0.4, -0.2) is 5.11 Å². The maximum absolute atomic E-state index is 10.8. The molecule has 0 fully saturated rings. The van der Waals surface area contributed by atoms with Gasteiger partial charge in [-0.15, -0.1) is 0 Å². The van der Waals surface area contributed by atoms with Crippen LogP contribution >= 0.6 is 0 Å². The van der Waals surface area contributed by atoms with E-state index in [1.165, 1.54) is 11.1 Å². The molecule has 104 valence electrons. The Balaban J connectivity index is 1.94. The number of aliphatic hydroxyl groups excluding tert-OH is 1. The van der Waals surface area contributed by atoms with Gasteiger partial charge in [0, 0.05) is 5.41 Å². The van der Waals surface area contributed by atoms with Crippen molar-refractivity contribution in [2.45, 2.75) is 38.6 Å². The molecule has 1 heterocycles. The van der Waals surface area contributed by atoms with E-state index in [4.69, 9.17) is 4.74 Å². The lowest BCUT2D eigenvalue weighted by molar-refractivity contribution is 0.100. The van der Waals surface area contributed by atoms with Gasteiger partial charge in [0.1, 0.15) is 0 Å². The van der Waals surface area contributed by atoms with E-state index in [0.29, 0.717) is 13.2 Å². The molecule has 0 aliphatic carbocycles. The van der Waals surface area contributed by atoms with Crippen molar-refractivity contribution in [1.29, 1.82) is 0 Å². The third kappa shape index (κ3) is 2.26.